The van der Waals surface area contributed by atoms with Crippen LogP contribution in [0.3, 0.4) is 0 Å². The lowest BCUT2D eigenvalue weighted by Crippen LogP contribution is -2.45. The third-order valence-electron chi connectivity index (χ3n) is 2.39. The summed E-state index contributed by atoms with van der Waals surface area (Å²) in [5.41, 5.74) is 2.94. The van der Waals surface area contributed by atoms with E-state index in [1.54, 1.807) is 0 Å². The van der Waals surface area contributed by atoms with Gasteiger partial charge in [0.05, 0.1) is 9.40 Å². The lowest BCUT2D eigenvalue weighted by molar-refractivity contribution is -0.385. The number of nitro groups is 1. The van der Waals surface area contributed by atoms with Crippen molar-refractivity contribution < 1.29 is 32.0 Å². The first-order valence-corrected chi connectivity index (χ1v) is 5.55. The van der Waals surface area contributed by atoms with Crippen LogP contribution < -0.4 is 5.73 Å². The molecule has 3 N–H and O–H groups in total. The van der Waals surface area contributed by atoms with Gasteiger partial charge in [-0.3, -0.25) is 10.1 Å². The van der Waals surface area contributed by atoms with Crippen molar-refractivity contribution in [3.05, 3.63) is 32.3 Å². The molecule has 0 radical (unpaired) electrons. The average Bonchev–Trinajstić information content (AvgIpc) is 2.29. The minimum Gasteiger partial charge on any atom is -0.506 e. The first kappa shape index (κ1) is 19.8. The molecule has 0 aromatic heterocycles. The van der Waals surface area contributed by atoms with Crippen LogP contribution in [0.1, 0.15) is 11.6 Å². The van der Waals surface area contributed by atoms with Crippen molar-refractivity contribution in [1.29, 1.82) is 0 Å². The van der Waals surface area contributed by atoms with Gasteiger partial charge in [-0.15, -0.1) is 12.4 Å². The van der Waals surface area contributed by atoms with Gasteiger partial charge < -0.3 is 10.8 Å². The number of benzene rings is 1. The SMILES string of the molecule is Cl.N[C@H](c1cc([N+](=O)[O-])cc(Br)c1O)C(F)(F)C(F)(F)F. The molecule has 0 aliphatic heterocycles. The van der Waals surface area contributed by atoms with E-state index in [2.05, 4.69) is 15.9 Å². The average molecular weight is 402 g/mol. The Morgan fingerprint density at radius 1 is 1.29 bits per heavy atom. The lowest BCUT2D eigenvalue weighted by Gasteiger charge is -2.26. The maximum Gasteiger partial charge on any atom is 0.455 e. The number of non-ortho nitro benzene ring substituents is 1. The Morgan fingerprint density at radius 2 is 1.76 bits per heavy atom. The van der Waals surface area contributed by atoms with E-state index in [4.69, 9.17) is 5.73 Å². The number of hydrogen-bond donors (Lipinski definition) is 2. The van der Waals surface area contributed by atoms with E-state index in [9.17, 15) is 37.2 Å². The molecule has 0 amide bonds. The molecule has 1 aromatic carbocycles. The van der Waals surface area contributed by atoms with Gasteiger partial charge in [0.1, 0.15) is 11.8 Å². The predicted molar refractivity (Wildman–Crippen MR) is 67.6 cm³/mol. The quantitative estimate of drug-likeness (QED) is 0.459. The summed E-state index contributed by atoms with van der Waals surface area (Å²) in [5, 5.41) is 20.0. The van der Waals surface area contributed by atoms with Gasteiger partial charge in [0.25, 0.3) is 5.69 Å². The van der Waals surface area contributed by atoms with Crippen LogP contribution in [-0.2, 0) is 0 Å². The molecule has 0 fully saturated rings. The largest absolute Gasteiger partial charge is 0.506 e. The van der Waals surface area contributed by atoms with Gasteiger partial charge in [0, 0.05) is 17.7 Å². The van der Waals surface area contributed by atoms with E-state index < -0.39 is 44.5 Å². The van der Waals surface area contributed by atoms with Crippen LogP contribution in [0.25, 0.3) is 0 Å². The Hall–Kier alpha value is -1.20. The number of hydrogen-bond acceptors (Lipinski definition) is 4. The third-order valence-corrected chi connectivity index (χ3v) is 3.00. The summed E-state index contributed by atoms with van der Waals surface area (Å²) in [6.45, 7) is 0. The lowest BCUT2D eigenvalue weighted by atomic mass is 9.99. The Labute approximate surface area is 128 Å². The van der Waals surface area contributed by atoms with E-state index in [1.807, 2.05) is 0 Å². The van der Waals surface area contributed by atoms with Crippen LogP contribution in [0.15, 0.2) is 16.6 Å². The van der Waals surface area contributed by atoms with Gasteiger partial charge in [0.2, 0.25) is 0 Å². The van der Waals surface area contributed by atoms with Crippen molar-refractivity contribution >= 4 is 34.0 Å². The molecule has 0 unspecified atom stereocenters. The molecule has 120 valence electrons. The molecule has 21 heavy (non-hydrogen) atoms. The minimum atomic E-state index is -5.96. The molecule has 5 nitrogen and oxygen atoms in total. The summed E-state index contributed by atoms with van der Waals surface area (Å²) in [4.78, 5) is 9.52. The Balaban J connectivity index is 0.00000400. The van der Waals surface area contributed by atoms with Crippen molar-refractivity contribution in [2.24, 2.45) is 5.73 Å². The van der Waals surface area contributed by atoms with Crippen molar-refractivity contribution in [3.63, 3.8) is 0 Å². The Kier molecular flexibility index (Phi) is 5.92. The fraction of sp³-hybridized carbons (Fsp3) is 0.333. The zero-order valence-corrected chi connectivity index (χ0v) is 12.1. The molecule has 0 heterocycles. The number of phenols is 1. The molecule has 0 spiro atoms. The second-order valence-electron chi connectivity index (χ2n) is 3.72. The van der Waals surface area contributed by atoms with E-state index in [0.717, 1.165) is 6.07 Å². The number of rotatable bonds is 3. The van der Waals surface area contributed by atoms with Gasteiger partial charge in [-0.2, -0.15) is 22.0 Å². The van der Waals surface area contributed by atoms with Gasteiger partial charge in [-0.05, 0) is 15.9 Å². The number of halogens is 7. The molecule has 0 saturated heterocycles. The van der Waals surface area contributed by atoms with Crippen molar-refractivity contribution in [3.8, 4) is 5.75 Å². The number of nitrogens with zero attached hydrogens (tertiary/aromatic N) is 1. The standard InChI is InChI=1S/C9H6BrF5N2O3.ClH/c10-5-2-3(17(19)20)1-4(6(5)18)7(16)8(11,12)9(13,14)15;/h1-2,7,18H,16H2;1H/t7-;/m1./s1. The molecule has 1 atom stereocenters. The second-order valence-corrected chi connectivity index (χ2v) is 4.58. The normalized spacial score (nSPS) is 13.5. The van der Waals surface area contributed by atoms with Gasteiger partial charge >= 0.3 is 12.1 Å². The molecule has 12 heteroatoms. The van der Waals surface area contributed by atoms with Gasteiger partial charge in [-0.25, -0.2) is 0 Å². The van der Waals surface area contributed by atoms with E-state index in [-0.39, 0.29) is 12.4 Å². The summed E-state index contributed by atoms with van der Waals surface area (Å²) >= 11 is 2.61. The fourth-order valence-electron chi connectivity index (χ4n) is 1.32. The first-order valence-electron chi connectivity index (χ1n) is 4.76. The molecule has 0 bridgehead atoms. The maximum absolute atomic E-state index is 13.1. The van der Waals surface area contributed by atoms with Crippen LogP contribution in [0.5, 0.6) is 5.75 Å². The van der Waals surface area contributed by atoms with E-state index >= 15 is 0 Å². The number of nitrogens with two attached hydrogens (primary N) is 1. The summed E-state index contributed by atoms with van der Waals surface area (Å²) in [5.74, 6) is -6.38. The fourth-order valence-corrected chi connectivity index (χ4v) is 1.78. The van der Waals surface area contributed by atoms with Crippen molar-refractivity contribution in [1.82, 2.24) is 0 Å². The molecule has 0 saturated carbocycles. The smallest absolute Gasteiger partial charge is 0.455 e. The minimum absolute atomic E-state index is 0. The molecule has 0 aliphatic rings. The number of phenolic OH excluding ortho intramolecular Hbond substituents is 1. The van der Waals surface area contributed by atoms with Crippen LogP contribution >= 0.6 is 28.3 Å². The first-order chi connectivity index (χ1) is 8.89. The molecular weight excluding hydrogens is 394 g/mol. The van der Waals surface area contributed by atoms with Crippen LogP contribution in [0.2, 0.25) is 0 Å². The molecular formula is C9H7BrClF5N2O3. The summed E-state index contributed by atoms with van der Waals surface area (Å²) in [7, 11) is 0. The van der Waals surface area contributed by atoms with E-state index in [0.29, 0.717) is 6.07 Å². The van der Waals surface area contributed by atoms with Crippen LogP contribution in [0.4, 0.5) is 27.6 Å². The highest BCUT2D eigenvalue weighted by Crippen LogP contribution is 2.47. The molecule has 1 rings (SSSR count). The van der Waals surface area contributed by atoms with E-state index in [1.165, 1.54) is 0 Å². The number of alkyl halides is 5. The molecule has 0 aliphatic carbocycles. The predicted octanol–water partition coefficient (Wildman–Crippen LogP) is 3.68. The van der Waals surface area contributed by atoms with Crippen molar-refractivity contribution in [2.75, 3.05) is 0 Å². The highest BCUT2D eigenvalue weighted by Gasteiger charge is 2.62. The monoisotopic (exact) mass is 400 g/mol. The zero-order valence-electron chi connectivity index (χ0n) is 9.70. The van der Waals surface area contributed by atoms with Crippen molar-refractivity contribution in [2.45, 2.75) is 18.1 Å². The topological polar surface area (TPSA) is 89.4 Å². The Morgan fingerprint density at radius 3 is 2.14 bits per heavy atom. The second kappa shape index (κ2) is 6.28. The number of aromatic hydroxyl groups is 1. The van der Waals surface area contributed by atoms with Gasteiger partial charge in [-0.1, -0.05) is 0 Å². The van der Waals surface area contributed by atoms with Gasteiger partial charge in [0.15, 0.2) is 0 Å². The number of nitro benzene ring substituents is 1. The zero-order chi connectivity index (χ0) is 15.9. The summed E-state index contributed by atoms with van der Waals surface area (Å²) < 4.78 is 62.4. The van der Waals surface area contributed by atoms with Crippen LogP contribution in [-0.4, -0.2) is 22.1 Å². The third kappa shape index (κ3) is 3.71. The maximum atomic E-state index is 13.1. The van der Waals surface area contributed by atoms with Crippen LogP contribution in [0, 0.1) is 10.1 Å². The highest BCUT2D eigenvalue weighted by atomic mass is 79.9. The molecule has 1 aromatic rings. The summed E-state index contributed by atoms with van der Waals surface area (Å²) in [6, 6.07) is -1.87. The summed E-state index contributed by atoms with van der Waals surface area (Å²) in [6.07, 6.45) is -5.96. The Bertz CT molecular complexity index is 555. The highest BCUT2D eigenvalue weighted by molar-refractivity contribution is 9.10.